The number of thiazole rings is 1. The first-order valence-corrected chi connectivity index (χ1v) is 9.11. The molecule has 4 N–H and O–H groups in total. The van der Waals surface area contributed by atoms with Crippen LogP contribution in [0.2, 0.25) is 0 Å². The molecule has 0 bridgehead atoms. The number of aromatic amines is 1. The summed E-state index contributed by atoms with van der Waals surface area (Å²) in [5.41, 5.74) is 1.42. The first kappa shape index (κ1) is 18.4. The number of fused-ring (bicyclic) bond motifs is 1. The number of amides is 2. The topological polar surface area (TPSA) is 142 Å². The van der Waals surface area contributed by atoms with Gasteiger partial charge in [-0.3, -0.25) is 10.4 Å². The molecule has 29 heavy (non-hydrogen) atoms. The lowest BCUT2D eigenvalue weighted by atomic mass is 10.1. The summed E-state index contributed by atoms with van der Waals surface area (Å²) in [6.07, 6.45) is 2.93. The van der Waals surface area contributed by atoms with E-state index in [0.717, 1.165) is 0 Å². The summed E-state index contributed by atoms with van der Waals surface area (Å²) in [6.45, 7) is 0. The SMILES string of the molecule is COc1cccc(NC(=O)Nc2ncc(-c3cc(C(=O)O)c4cn[nH]c4n3)s2)c1. The number of pyridine rings is 1. The van der Waals surface area contributed by atoms with Crippen molar-refractivity contribution in [3.05, 3.63) is 48.3 Å². The average Bonchev–Trinajstić information content (AvgIpc) is 3.36. The van der Waals surface area contributed by atoms with Crippen LogP contribution in [0.15, 0.2) is 42.7 Å². The molecule has 3 heterocycles. The van der Waals surface area contributed by atoms with E-state index in [-0.39, 0.29) is 5.56 Å². The summed E-state index contributed by atoms with van der Waals surface area (Å²) in [5, 5.41) is 22.0. The molecule has 0 radical (unpaired) electrons. The van der Waals surface area contributed by atoms with Gasteiger partial charge in [0.05, 0.1) is 34.8 Å². The fraction of sp³-hybridized carbons (Fsp3) is 0.0556. The zero-order chi connectivity index (χ0) is 20.4. The van der Waals surface area contributed by atoms with Gasteiger partial charge < -0.3 is 15.2 Å². The van der Waals surface area contributed by atoms with Crippen molar-refractivity contribution in [1.82, 2.24) is 20.2 Å². The van der Waals surface area contributed by atoms with Crippen LogP contribution in [-0.4, -0.2) is 44.4 Å². The predicted octanol–water partition coefficient (Wildman–Crippen LogP) is 3.43. The lowest BCUT2D eigenvalue weighted by Crippen LogP contribution is -2.19. The van der Waals surface area contributed by atoms with Gasteiger partial charge in [0.2, 0.25) is 0 Å². The zero-order valence-electron chi connectivity index (χ0n) is 15.0. The van der Waals surface area contributed by atoms with Crippen LogP contribution < -0.4 is 15.4 Å². The van der Waals surface area contributed by atoms with E-state index >= 15 is 0 Å². The Labute approximate surface area is 167 Å². The highest BCUT2D eigenvalue weighted by Gasteiger charge is 2.16. The third kappa shape index (κ3) is 3.84. The van der Waals surface area contributed by atoms with Crippen LogP contribution in [0, 0.1) is 0 Å². The van der Waals surface area contributed by atoms with Crippen LogP contribution in [0.5, 0.6) is 5.75 Å². The number of hydrogen-bond donors (Lipinski definition) is 4. The van der Waals surface area contributed by atoms with Gasteiger partial charge in [-0.25, -0.2) is 19.6 Å². The van der Waals surface area contributed by atoms with Crippen LogP contribution in [0.25, 0.3) is 21.6 Å². The van der Waals surface area contributed by atoms with Crippen LogP contribution in [-0.2, 0) is 0 Å². The summed E-state index contributed by atoms with van der Waals surface area (Å²) in [5.74, 6) is -0.463. The zero-order valence-corrected chi connectivity index (χ0v) is 15.8. The first-order valence-electron chi connectivity index (χ1n) is 8.29. The summed E-state index contributed by atoms with van der Waals surface area (Å²) >= 11 is 1.17. The van der Waals surface area contributed by atoms with Crippen LogP contribution in [0.4, 0.5) is 15.6 Å². The normalized spacial score (nSPS) is 10.7. The number of hydrogen-bond acceptors (Lipinski definition) is 7. The Balaban J connectivity index is 1.53. The van der Waals surface area contributed by atoms with E-state index < -0.39 is 12.0 Å². The quantitative estimate of drug-likeness (QED) is 0.395. The Bertz CT molecular complexity index is 1220. The van der Waals surface area contributed by atoms with E-state index in [1.807, 2.05) is 0 Å². The second-order valence-electron chi connectivity index (χ2n) is 5.83. The maximum atomic E-state index is 12.2. The van der Waals surface area contributed by atoms with E-state index in [9.17, 15) is 14.7 Å². The predicted molar refractivity (Wildman–Crippen MR) is 108 cm³/mol. The van der Waals surface area contributed by atoms with E-state index in [4.69, 9.17) is 4.74 Å². The van der Waals surface area contributed by atoms with E-state index in [1.165, 1.54) is 29.8 Å². The number of rotatable bonds is 5. The highest BCUT2D eigenvalue weighted by Crippen LogP contribution is 2.30. The molecule has 10 nitrogen and oxygen atoms in total. The number of aromatic carboxylic acids is 1. The molecule has 146 valence electrons. The van der Waals surface area contributed by atoms with Crippen molar-refractivity contribution in [3.8, 4) is 16.3 Å². The lowest BCUT2D eigenvalue weighted by Gasteiger charge is -2.06. The number of methoxy groups -OCH3 is 1. The monoisotopic (exact) mass is 410 g/mol. The number of ether oxygens (including phenoxy) is 1. The Morgan fingerprint density at radius 2 is 2.07 bits per heavy atom. The van der Waals surface area contributed by atoms with E-state index in [2.05, 4.69) is 30.8 Å². The summed E-state index contributed by atoms with van der Waals surface area (Å²) in [6, 6.07) is 7.92. The highest BCUT2D eigenvalue weighted by molar-refractivity contribution is 7.19. The number of H-pyrrole nitrogens is 1. The number of carbonyl (C=O) groups is 2. The lowest BCUT2D eigenvalue weighted by molar-refractivity contribution is 0.0699. The van der Waals surface area contributed by atoms with Crippen molar-refractivity contribution in [2.24, 2.45) is 0 Å². The second kappa shape index (κ2) is 7.56. The van der Waals surface area contributed by atoms with Gasteiger partial charge in [0.15, 0.2) is 10.8 Å². The fourth-order valence-corrected chi connectivity index (χ4v) is 3.41. The minimum atomic E-state index is -1.08. The van der Waals surface area contributed by atoms with Crippen molar-refractivity contribution < 1.29 is 19.4 Å². The molecule has 1 aromatic carbocycles. The van der Waals surface area contributed by atoms with E-state index in [0.29, 0.717) is 38.2 Å². The number of benzene rings is 1. The van der Waals surface area contributed by atoms with Gasteiger partial charge in [0.1, 0.15) is 5.75 Å². The molecule has 0 unspecified atom stereocenters. The van der Waals surface area contributed by atoms with Gasteiger partial charge in [0, 0.05) is 18.0 Å². The van der Waals surface area contributed by atoms with Crippen LogP contribution >= 0.6 is 11.3 Å². The number of nitrogens with zero attached hydrogens (tertiary/aromatic N) is 3. The van der Waals surface area contributed by atoms with Crippen molar-refractivity contribution in [2.75, 3.05) is 17.7 Å². The van der Waals surface area contributed by atoms with Crippen molar-refractivity contribution >= 4 is 45.2 Å². The van der Waals surface area contributed by atoms with Crippen LogP contribution in [0.1, 0.15) is 10.4 Å². The number of carboxylic acids is 1. The van der Waals surface area contributed by atoms with Gasteiger partial charge in [-0.15, -0.1) is 0 Å². The molecule has 0 spiro atoms. The Kier molecular flexibility index (Phi) is 4.79. The van der Waals surface area contributed by atoms with Gasteiger partial charge >= 0.3 is 12.0 Å². The molecule has 3 aromatic heterocycles. The molecule has 2 amide bonds. The Hall–Kier alpha value is -3.99. The molecule has 11 heteroatoms. The van der Waals surface area contributed by atoms with Gasteiger partial charge in [-0.1, -0.05) is 17.4 Å². The molecule has 0 aliphatic rings. The van der Waals surface area contributed by atoms with Crippen molar-refractivity contribution in [3.63, 3.8) is 0 Å². The maximum Gasteiger partial charge on any atom is 0.336 e. The van der Waals surface area contributed by atoms with Gasteiger partial charge in [-0.05, 0) is 18.2 Å². The minimum absolute atomic E-state index is 0.0810. The number of anilines is 2. The molecule has 0 saturated carbocycles. The molecule has 0 saturated heterocycles. The number of carboxylic acid groups (broad SMARTS) is 1. The average molecular weight is 410 g/mol. The molecule has 0 fully saturated rings. The van der Waals surface area contributed by atoms with Crippen LogP contribution in [0.3, 0.4) is 0 Å². The van der Waals surface area contributed by atoms with Gasteiger partial charge in [0.25, 0.3) is 0 Å². The summed E-state index contributed by atoms with van der Waals surface area (Å²) in [7, 11) is 1.54. The molecular weight excluding hydrogens is 396 g/mol. The third-order valence-corrected chi connectivity index (χ3v) is 4.89. The summed E-state index contributed by atoms with van der Waals surface area (Å²) in [4.78, 5) is 32.8. The molecular formula is C18H14N6O4S. The number of urea groups is 1. The van der Waals surface area contributed by atoms with Gasteiger partial charge in [-0.2, -0.15) is 5.10 Å². The Morgan fingerprint density at radius 3 is 2.86 bits per heavy atom. The number of aromatic nitrogens is 4. The largest absolute Gasteiger partial charge is 0.497 e. The first-order chi connectivity index (χ1) is 14.0. The highest BCUT2D eigenvalue weighted by atomic mass is 32.1. The third-order valence-electron chi connectivity index (χ3n) is 3.96. The molecule has 4 rings (SSSR count). The standard InChI is InChI=1S/C18H14N6O4S/c1-28-10-4-2-3-9(5-10)21-17(27)23-18-19-8-14(29-18)13-6-11(16(25)26)12-7-20-24-15(12)22-13/h2-8H,1H3,(H,25,26)(H,20,22,24)(H2,19,21,23,27). The Morgan fingerprint density at radius 1 is 1.21 bits per heavy atom. The second-order valence-corrected chi connectivity index (χ2v) is 6.86. The van der Waals surface area contributed by atoms with E-state index in [1.54, 1.807) is 31.4 Å². The molecule has 0 aliphatic carbocycles. The fourth-order valence-electron chi connectivity index (χ4n) is 2.64. The van der Waals surface area contributed by atoms with Crippen molar-refractivity contribution in [1.29, 1.82) is 0 Å². The maximum absolute atomic E-state index is 12.2. The molecule has 0 atom stereocenters. The van der Waals surface area contributed by atoms with Crippen molar-refractivity contribution in [2.45, 2.75) is 0 Å². The molecule has 4 aromatic rings. The number of carbonyl (C=O) groups excluding carboxylic acids is 1. The minimum Gasteiger partial charge on any atom is -0.497 e. The molecule has 0 aliphatic heterocycles. The number of nitrogens with one attached hydrogen (secondary N) is 3. The summed E-state index contributed by atoms with van der Waals surface area (Å²) < 4.78 is 5.12. The smallest absolute Gasteiger partial charge is 0.336 e.